The summed E-state index contributed by atoms with van der Waals surface area (Å²) in [7, 11) is 0. The van der Waals surface area contributed by atoms with Crippen LogP contribution in [0, 0.1) is 5.92 Å². The van der Waals surface area contributed by atoms with Gasteiger partial charge in [-0.2, -0.15) is 0 Å². The molecular formula is C12H16N2OS2. The molecule has 2 aromatic heterocycles. The molecular weight excluding hydrogens is 252 g/mol. The average Bonchev–Trinajstić information content (AvgIpc) is 3.02. The topological polar surface area (TPSA) is 37.5 Å². The van der Waals surface area contributed by atoms with Crippen molar-refractivity contribution in [3.05, 3.63) is 17.3 Å². The van der Waals surface area contributed by atoms with Crippen molar-refractivity contribution in [1.82, 2.24) is 9.38 Å². The summed E-state index contributed by atoms with van der Waals surface area (Å²) in [5.74, 6) is 2.00. The SMILES string of the molecule is OCc1c(SCC2CCCC2)nc2sccn12. The molecule has 0 unspecified atom stereocenters. The van der Waals surface area contributed by atoms with Crippen LogP contribution in [0.1, 0.15) is 31.4 Å². The van der Waals surface area contributed by atoms with E-state index in [0.29, 0.717) is 0 Å². The molecule has 0 aliphatic heterocycles. The molecule has 2 aromatic rings. The predicted octanol–water partition coefficient (Wildman–Crippen LogP) is 3.17. The Labute approximate surface area is 109 Å². The van der Waals surface area contributed by atoms with Crippen LogP contribution in [-0.2, 0) is 6.61 Å². The van der Waals surface area contributed by atoms with E-state index in [9.17, 15) is 5.11 Å². The van der Waals surface area contributed by atoms with Gasteiger partial charge in [-0.05, 0) is 18.8 Å². The van der Waals surface area contributed by atoms with Gasteiger partial charge in [-0.15, -0.1) is 23.1 Å². The molecule has 1 fully saturated rings. The number of thiazole rings is 1. The Balaban J connectivity index is 1.76. The summed E-state index contributed by atoms with van der Waals surface area (Å²) in [5.41, 5.74) is 0.948. The molecule has 3 nitrogen and oxygen atoms in total. The summed E-state index contributed by atoms with van der Waals surface area (Å²) in [6, 6.07) is 0. The van der Waals surface area contributed by atoms with Gasteiger partial charge in [-0.1, -0.05) is 12.8 Å². The third kappa shape index (κ3) is 2.23. The number of hydrogen-bond donors (Lipinski definition) is 1. The van der Waals surface area contributed by atoms with Crippen LogP contribution in [0.4, 0.5) is 0 Å². The minimum atomic E-state index is 0.0743. The van der Waals surface area contributed by atoms with E-state index in [0.717, 1.165) is 27.4 Å². The van der Waals surface area contributed by atoms with Gasteiger partial charge in [0.2, 0.25) is 0 Å². The second kappa shape index (κ2) is 5.00. The molecule has 0 amide bonds. The summed E-state index contributed by atoms with van der Waals surface area (Å²) in [4.78, 5) is 5.58. The van der Waals surface area contributed by atoms with Crippen molar-refractivity contribution >= 4 is 28.1 Å². The number of fused-ring (bicyclic) bond motifs is 1. The van der Waals surface area contributed by atoms with Gasteiger partial charge in [-0.3, -0.25) is 4.40 Å². The Kier molecular flexibility index (Phi) is 3.40. The molecule has 0 spiro atoms. The highest BCUT2D eigenvalue weighted by molar-refractivity contribution is 7.99. The lowest BCUT2D eigenvalue weighted by Gasteiger charge is -2.07. The van der Waals surface area contributed by atoms with E-state index in [-0.39, 0.29) is 6.61 Å². The van der Waals surface area contributed by atoms with Gasteiger partial charge < -0.3 is 5.11 Å². The molecule has 0 radical (unpaired) electrons. The van der Waals surface area contributed by atoms with Gasteiger partial charge in [0.25, 0.3) is 0 Å². The molecule has 5 heteroatoms. The average molecular weight is 268 g/mol. The molecule has 0 saturated heterocycles. The van der Waals surface area contributed by atoms with E-state index >= 15 is 0 Å². The summed E-state index contributed by atoms with van der Waals surface area (Å²) < 4.78 is 2.00. The molecule has 0 bridgehead atoms. The van der Waals surface area contributed by atoms with Crippen molar-refractivity contribution in [3.63, 3.8) is 0 Å². The first kappa shape index (κ1) is 11.6. The fourth-order valence-electron chi connectivity index (χ4n) is 2.45. The highest BCUT2D eigenvalue weighted by atomic mass is 32.2. The molecule has 0 aromatic carbocycles. The van der Waals surface area contributed by atoms with Crippen LogP contribution in [0.2, 0.25) is 0 Å². The summed E-state index contributed by atoms with van der Waals surface area (Å²) in [6.07, 6.45) is 7.48. The van der Waals surface area contributed by atoms with Crippen molar-refractivity contribution in [1.29, 1.82) is 0 Å². The lowest BCUT2D eigenvalue weighted by molar-refractivity contribution is 0.272. The van der Waals surface area contributed by atoms with Gasteiger partial charge in [0, 0.05) is 17.3 Å². The Bertz CT molecular complexity index is 500. The first-order valence-electron chi connectivity index (χ1n) is 6.06. The van der Waals surface area contributed by atoms with E-state index in [1.54, 1.807) is 11.3 Å². The third-order valence-electron chi connectivity index (χ3n) is 3.40. The predicted molar refractivity (Wildman–Crippen MR) is 71.7 cm³/mol. The number of imidazole rings is 1. The summed E-state index contributed by atoms with van der Waals surface area (Å²) in [5, 5.41) is 12.5. The van der Waals surface area contributed by atoms with E-state index in [2.05, 4.69) is 4.98 Å². The second-order valence-corrected chi connectivity index (χ2v) is 6.42. The van der Waals surface area contributed by atoms with E-state index in [1.807, 2.05) is 27.7 Å². The molecule has 2 heterocycles. The number of nitrogens with zero attached hydrogens (tertiary/aromatic N) is 2. The van der Waals surface area contributed by atoms with Gasteiger partial charge in [0.15, 0.2) is 4.96 Å². The van der Waals surface area contributed by atoms with Crippen LogP contribution >= 0.6 is 23.1 Å². The van der Waals surface area contributed by atoms with Crippen LogP contribution in [0.15, 0.2) is 16.6 Å². The highest BCUT2D eigenvalue weighted by Crippen LogP contribution is 2.32. The lowest BCUT2D eigenvalue weighted by Crippen LogP contribution is -1.98. The molecule has 1 aliphatic carbocycles. The van der Waals surface area contributed by atoms with Gasteiger partial charge in [0.05, 0.1) is 12.3 Å². The quantitative estimate of drug-likeness (QED) is 0.865. The van der Waals surface area contributed by atoms with E-state index < -0.39 is 0 Å². The zero-order chi connectivity index (χ0) is 11.7. The zero-order valence-corrected chi connectivity index (χ0v) is 11.3. The van der Waals surface area contributed by atoms with Crippen LogP contribution in [0.25, 0.3) is 4.96 Å². The number of hydrogen-bond acceptors (Lipinski definition) is 4. The maximum atomic E-state index is 9.45. The fourth-order valence-corrected chi connectivity index (χ4v) is 4.44. The Morgan fingerprint density at radius 2 is 2.29 bits per heavy atom. The van der Waals surface area contributed by atoms with Crippen LogP contribution in [0.5, 0.6) is 0 Å². The number of thioether (sulfide) groups is 1. The van der Waals surface area contributed by atoms with Crippen molar-refractivity contribution in [2.75, 3.05) is 5.75 Å². The van der Waals surface area contributed by atoms with E-state index in [4.69, 9.17) is 0 Å². The van der Waals surface area contributed by atoms with Crippen LogP contribution in [-0.4, -0.2) is 20.2 Å². The van der Waals surface area contributed by atoms with Crippen molar-refractivity contribution < 1.29 is 5.11 Å². The number of aliphatic hydroxyl groups excluding tert-OH is 1. The highest BCUT2D eigenvalue weighted by Gasteiger charge is 2.18. The monoisotopic (exact) mass is 268 g/mol. The molecule has 17 heavy (non-hydrogen) atoms. The first-order valence-corrected chi connectivity index (χ1v) is 7.93. The second-order valence-electron chi connectivity index (χ2n) is 4.54. The Morgan fingerprint density at radius 1 is 1.47 bits per heavy atom. The molecule has 0 atom stereocenters. The minimum Gasteiger partial charge on any atom is -0.390 e. The van der Waals surface area contributed by atoms with Crippen LogP contribution < -0.4 is 0 Å². The Hall–Kier alpha value is -0.520. The maximum absolute atomic E-state index is 9.45. The number of aliphatic hydroxyl groups is 1. The van der Waals surface area contributed by atoms with Gasteiger partial charge in [-0.25, -0.2) is 4.98 Å². The smallest absolute Gasteiger partial charge is 0.195 e. The molecule has 92 valence electrons. The van der Waals surface area contributed by atoms with E-state index in [1.165, 1.54) is 25.7 Å². The zero-order valence-electron chi connectivity index (χ0n) is 9.63. The van der Waals surface area contributed by atoms with Crippen molar-refractivity contribution in [2.45, 2.75) is 37.3 Å². The van der Waals surface area contributed by atoms with Crippen LogP contribution in [0.3, 0.4) is 0 Å². The van der Waals surface area contributed by atoms with Gasteiger partial charge >= 0.3 is 0 Å². The summed E-state index contributed by atoms with van der Waals surface area (Å²) >= 11 is 3.44. The minimum absolute atomic E-state index is 0.0743. The molecule has 1 N–H and O–H groups in total. The molecule has 3 rings (SSSR count). The standard InChI is InChI=1S/C12H16N2OS2/c15-7-10-11(13-12-14(10)5-6-16-12)17-8-9-3-1-2-4-9/h5-6,9,15H,1-4,7-8H2. The lowest BCUT2D eigenvalue weighted by atomic mass is 10.1. The largest absolute Gasteiger partial charge is 0.390 e. The maximum Gasteiger partial charge on any atom is 0.195 e. The number of rotatable bonds is 4. The Morgan fingerprint density at radius 3 is 3.06 bits per heavy atom. The third-order valence-corrected chi connectivity index (χ3v) is 5.40. The fraction of sp³-hybridized carbons (Fsp3) is 0.583. The molecule has 1 saturated carbocycles. The number of aromatic nitrogens is 2. The first-order chi connectivity index (χ1) is 8.38. The van der Waals surface area contributed by atoms with Crippen molar-refractivity contribution in [3.8, 4) is 0 Å². The summed E-state index contributed by atoms with van der Waals surface area (Å²) in [6.45, 7) is 0.0743. The van der Waals surface area contributed by atoms with Crippen molar-refractivity contribution in [2.24, 2.45) is 5.92 Å². The van der Waals surface area contributed by atoms with Gasteiger partial charge in [0.1, 0.15) is 5.03 Å². The normalized spacial score (nSPS) is 17.2. The molecule has 1 aliphatic rings.